The van der Waals surface area contributed by atoms with Crippen molar-refractivity contribution in [2.75, 3.05) is 0 Å². The van der Waals surface area contributed by atoms with Gasteiger partial charge in [0.05, 0.1) is 5.69 Å². The molecule has 20 heavy (non-hydrogen) atoms. The fourth-order valence-corrected chi connectivity index (χ4v) is 2.29. The zero-order chi connectivity index (χ0) is 14.1. The van der Waals surface area contributed by atoms with Crippen LogP contribution >= 0.6 is 0 Å². The molecule has 0 aliphatic heterocycles. The lowest BCUT2D eigenvalue weighted by molar-refractivity contribution is -0.140. The number of fused-ring (bicyclic) bond motifs is 1. The van der Waals surface area contributed by atoms with E-state index in [1.54, 1.807) is 18.3 Å². The summed E-state index contributed by atoms with van der Waals surface area (Å²) in [4.78, 5) is 27.4. The zero-order valence-corrected chi connectivity index (χ0v) is 10.8. The number of nitrogens with zero attached hydrogens (tertiary/aromatic N) is 2. The van der Waals surface area contributed by atoms with Crippen molar-refractivity contribution in [3.05, 3.63) is 46.5 Å². The number of pyridine rings is 1. The summed E-state index contributed by atoms with van der Waals surface area (Å²) in [5.74, 6) is -0.640. The van der Waals surface area contributed by atoms with Crippen molar-refractivity contribution in [1.29, 1.82) is 0 Å². The SMILES string of the molecule is O=C(O)C(NCc1cc(=O)n2ccccc2n1)C1CC1. The summed E-state index contributed by atoms with van der Waals surface area (Å²) in [5, 5.41) is 12.1. The molecule has 1 aliphatic rings. The first-order valence-corrected chi connectivity index (χ1v) is 6.58. The van der Waals surface area contributed by atoms with Gasteiger partial charge < -0.3 is 5.11 Å². The molecule has 3 rings (SSSR count). The fraction of sp³-hybridized carbons (Fsp3) is 0.357. The smallest absolute Gasteiger partial charge is 0.320 e. The molecule has 1 atom stereocenters. The van der Waals surface area contributed by atoms with Gasteiger partial charge in [0.1, 0.15) is 11.7 Å². The molecule has 0 saturated heterocycles. The Kier molecular flexibility index (Phi) is 3.23. The Hall–Kier alpha value is -2.21. The van der Waals surface area contributed by atoms with Gasteiger partial charge in [-0.05, 0) is 30.9 Å². The summed E-state index contributed by atoms with van der Waals surface area (Å²) >= 11 is 0. The minimum atomic E-state index is -0.843. The van der Waals surface area contributed by atoms with Crippen molar-refractivity contribution in [1.82, 2.24) is 14.7 Å². The normalized spacial score (nSPS) is 16.2. The summed E-state index contributed by atoms with van der Waals surface area (Å²) in [6, 6.07) is 6.21. The van der Waals surface area contributed by atoms with Crippen LogP contribution in [-0.2, 0) is 11.3 Å². The minimum Gasteiger partial charge on any atom is -0.480 e. The van der Waals surface area contributed by atoms with Crippen LogP contribution < -0.4 is 10.9 Å². The molecule has 0 aromatic carbocycles. The molecular formula is C14H15N3O3. The fourth-order valence-electron chi connectivity index (χ4n) is 2.29. The van der Waals surface area contributed by atoms with E-state index in [1.807, 2.05) is 6.07 Å². The molecule has 2 N–H and O–H groups in total. The maximum atomic E-state index is 11.9. The second-order valence-corrected chi connectivity index (χ2v) is 5.05. The first-order chi connectivity index (χ1) is 9.65. The maximum absolute atomic E-state index is 11.9. The highest BCUT2D eigenvalue weighted by Crippen LogP contribution is 2.32. The molecule has 0 bridgehead atoms. The van der Waals surface area contributed by atoms with Crippen LogP contribution in [0.3, 0.4) is 0 Å². The molecule has 2 aromatic heterocycles. The van der Waals surface area contributed by atoms with E-state index in [0.29, 0.717) is 11.3 Å². The average molecular weight is 273 g/mol. The van der Waals surface area contributed by atoms with E-state index in [1.165, 1.54) is 10.5 Å². The molecular weight excluding hydrogens is 258 g/mol. The highest BCUT2D eigenvalue weighted by molar-refractivity contribution is 5.74. The van der Waals surface area contributed by atoms with E-state index < -0.39 is 12.0 Å². The van der Waals surface area contributed by atoms with Crippen molar-refractivity contribution in [2.24, 2.45) is 5.92 Å². The Bertz CT molecular complexity index is 706. The number of hydrogen-bond acceptors (Lipinski definition) is 4. The van der Waals surface area contributed by atoms with Gasteiger partial charge >= 0.3 is 5.97 Å². The molecule has 6 heteroatoms. The van der Waals surface area contributed by atoms with E-state index in [9.17, 15) is 9.59 Å². The van der Waals surface area contributed by atoms with Crippen LogP contribution in [0.25, 0.3) is 5.65 Å². The molecule has 0 spiro atoms. The van der Waals surface area contributed by atoms with Gasteiger partial charge in [-0.15, -0.1) is 0 Å². The molecule has 0 amide bonds. The second-order valence-electron chi connectivity index (χ2n) is 5.05. The van der Waals surface area contributed by atoms with Crippen LogP contribution in [0.2, 0.25) is 0 Å². The van der Waals surface area contributed by atoms with Crippen LogP contribution in [0.5, 0.6) is 0 Å². The molecule has 1 unspecified atom stereocenters. The van der Waals surface area contributed by atoms with Crippen LogP contribution in [0, 0.1) is 5.92 Å². The van der Waals surface area contributed by atoms with Crippen molar-refractivity contribution < 1.29 is 9.90 Å². The quantitative estimate of drug-likeness (QED) is 0.835. The van der Waals surface area contributed by atoms with Gasteiger partial charge in [-0.2, -0.15) is 0 Å². The average Bonchev–Trinajstić information content (AvgIpc) is 3.23. The van der Waals surface area contributed by atoms with Crippen molar-refractivity contribution in [3.8, 4) is 0 Å². The highest BCUT2D eigenvalue weighted by atomic mass is 16.4. The monoisotopic (exact) mass is 273 g/mol. The predicted molar refractivity (Wildman–Crippen MR) is 72.4 cm³/mol. The van der Waals surface area contributed by atoms with Crippen LogP contribution in [0.15, 0.2) is 35.3 Å². The molecule has 2 heterocycles. The van der Waals surface area contributed by atoms with E-state index in [0.717, 1.165) is 12.8 Å². The second kappa shape index (κ2) is 5.05. The van der Waals surface area contributed by atoms with E-state index in [4.69, 9.17) is 5.11 Å². The van der Waals surface area contributed by atoms with Crippen LogP contribution in [-0.4, -0.2) is 26.5 Å². The lowest BCUT2D eigenvalue weighted by Crippen LogP contribution is -2.38. The van der Waals surface area contributed by atoms with Gasteiger partial charge in [0.25, 0.3) is 5.56 Å². The van der Waals surface area contributed by atoms with Gasteiger partial charge in [-0.3, -0.25) is 19.3 Å². The van der Waals surface area contributed by atoms with Gasteiger partial charge in [0.2, 0.25) is 0 Å². The van der Waals surface area contributed by atoms with Gasteiger partial charge in [-0.25, -0.2) is 4.98 Å². The number of carboxylic acid groups (broad SMARTS) is 1. The summed E-state index contributed by atoms with van der Waals surface area (Å²) in [5.41, 5.74) is 0.967. The minimum absolute atomic E-state index is 0.161. The highest BCUT2D eigenvalue weighted by Gasteiger charge is 2.35. The number of aromatic nitrogens is 2. The lowest BCUT2D eigenvalue weighted by atomic mass is 10.2. The molecule has 6 nitrogen and oxygen atoms in total. The molecule has 1 fully saturated rings. The Morgan fingerprint density at radius 2 is 2.30 bits per heavy atom. The third kappa shape index (κ3) is 2.55. The lowest BCUT2D eigenvalue weighted by Gasteiger charge is -2.13. The number of aliphatic carboxylic acids is 1. The molecule has 2 aromatic rings. The van der Waals surface area contributed by atoms with Crippen molar-refractivity contribution in [3.63, 3.8) is 0 Å². The Morgan fingerprint density at radius 1 is 1.50 bits per heavy atom. The van der Waals surface area contributed by atoms with Crippen molar-refractivity contribution >= 4 is 11.6 Å². The molecule has 1 aliphatic carbocycles. The summed E-state index contributed by atoms with van der Waals surface area (Å²) in [7, 11) is 0. The number of hydrogen-bond donors (Lipinski definition) is 2. The summed E-state index contributed by atoms with van der Waals surface area (Å²) < 4.78 is 1.46. The summed E-state index contributed by atoms with van der Waals surface area (Å²) in [6.07, 6.45) is 3.54. The Morgan fingerprint density at radius 3 is 3.00 bits per heavy atom. The largest absolute Gasteiger partial charge is 0.480 e. The first-order valence-electron chi connectivity index (χ1n) is 6.58. The molecule has 0 radical (unpaired) electrons. The van der Waals surface area contributed by atoms with E-state index in [-0.39, 0.29) is 18.0 Å². The maximum Gasteiger partial charge on any atom is 0.320 e. The topological polar surface area (TPSA) is 83.7 Å². The third-order valence-corrected chi connectivity index (χ3v) is 3.49. The van der Waals surface area contributed by atoms with Crippen LogP contribution in [0.1, 0.15) is 18.5 Å². The third-order valence-electron chi connectivity index (χ3n) is 3.49. The van der Waals surface area contributed by atoms with Crippen LogP contribution in [0.4, 0.5) is 0 Å². The van der Waals surface area contributed by atoms with E-state index in [2.05, 4.69) is 10.3 Å². The first kappa shape index (κ1) is 12.8. The zero-order valence-electron chi connectivity index (χ0n) is 10.8. The molecule has 104 valence electrons. The van der Waals surface area contributed by atoms with Gasteiger partial charge in [0, 0.05) is 18.8 Å². The Balaban J connectivity index is 1.80. The number of rotatable bonds is 5. The number of nitrogens with one attached hydrogen (secondary N) is 1. The summed E-state index contributed by atoms with van der Waals surface area (Å²) in [6.45, 7) is 0.286. The standard InChI is InChI=1S/C14H15N3O3/c18-12-7-10(16-11-3-1-2-6-17(11)12)8-15-13(14(19)20)9-4-5-9/h1-3,6-7,9,13,15H,4-5,8H2,(H,19,20). The van der Waals surface area contributed by atoms with Gasteiger partial charge in [-0.1, -0.05) is 6.07 Å². The van der Waals surface area contributed by atoms with Crippen molar-refractivity contribution in [2.45, 2.75) is 25.4 Å². The Labute approximate surface area is 115 Å². The predicted octanol–water partition coefficient (Wildman–Crippen LogP) is 0.647. The van der Waals surface area contributed by atoms with Gasteiger partial charge in [0.15, 0.2) is 0 Å². The number of carboxylic acids is 1. The number of carbonyl (C=O) groups is 1. The van der Waals surface area contributed by atoms with E-state index >= 15 is 0 Å². The molecule has 1 saturated carbocycles.